The fraction of sp³-hybridized carbons (Fsp3) is 0.421. The topological polar surface area (TPSA) is 95.3 Å². The highest BCUT2D eigenvalue weighted by atomic mass is 35.5. The molecule has 3 aromatic rings. The molecule has 8 nitrogen and oxygen atoms in total. The highest BCUT2D eigenvalue weighted by molar-refractivity contribution is 7.19. The molecule has 11 heteroatoms. The van der Waals surface area contributed by atoms with Crippen molar-refractivity contribution in [3.63, 3.8) is 0 Å². The summed E-state index contributed by atoms with van der Waals surface area (Å²) in [4.78, 5) is 35.2. The summed E-state index contributed by atoms with van der Waals surface area (Å²) in [6, 6.07) is 3.61. The fourth-order valence-corrected chi connectivity index (χ4v) is 4.50. The van der Waals surface area contributed by atoms with Crippen LogP contribution in [0.15, 0.2) is 31.2 Å². The molecule has 0 unspecified atom stereocenters. The lowest BCUT2D eigenvalue weighted by Crippen LogP contribution is -2.41. The van der Waals surface area contributed by atoms with E-state index in [1.54, 1.807) is 10.6 Å². The van der Waals surface area contributed by atoms with Gasteiger partial charge in [-0.15, -0.1) is 11.3 Å². The summed E-state index contributed by atoms with van der Waals surface area (Å²) in [5, 5.41) is 4.30. The van der Waals surface area contributed by atoms with E-state index in [2.05, 4.69) is 15.1 Å². The molecular formula is C19H19Cl2N5O3S. The molecule has 0 saturated heterocycles. The van der Waals surface area contributed by atoms with E-state index < -0.39 is 0 Å². The number of fused-ring (bicyclic) bond motifs is 1. The molecule has 0 aromatic carbocycles. The van der Waals surface area contributed by atoms with Crippen molar-refractivity contribution >= 4 is 45.5 Å². The Kier molecular flexibility index (Phi) is 6.21. The first-order valence-corrected chi connectivity index (χ1v) is 11.2. The van der Waals surface area contributed by atoms with Gasteiger partial charge in [0.1, 0.15) is 11.0 Å². The van der Waals surface area contributed by atoms with E-state index in [4.69, 9.17) is 27.7 Å². The quantitative estimate of drug-likeness (QED) is 0.498. The van der Waals surface area contributed by atoms with Crippen molar-refractivity contribution < 1.29 is 4.52 Å². The van der Waals surface area contributed by atoms with Gasteiger partial charge in [-0.3, -0.25) is 13.9 Å². The molecule has 3 aromatic heterocycles. The lowest BCUT2D eigenvalue weighted by atomic mass is 10.2. The van der Waals surface area contributed by atoms with Crippen LogP contribution in [0.3, 0.4) is 0 Å². The Morgan fingerprint density at radius 1 is 1.17 bits per heavy atom. The molecule has 4 rings (SSSR count). The average Bonchev–Trinajstić information content (AvgIpc) is 3.44. The smallest absolute Gasteiger partial charge is 0.332 e. The van der Waals surface area contributed by atoms with E-state index in [-0.39, 0.29) is 24.2 Å². The van der Waals surface area contributed by atoms with Crippen molar-refractivity contribution in [1.29, 1.82) is 0 Å². The second kappa shape index (κ2) is 8.87. The maximum atomic E-state index is 12.9. The Hall–Kier alpha value is -2.23. The molecule has 0 fully saturated rings. The van der Waals surface area contributed by atoms with Crippen LogP contribution in [0.4, 0.5) is 5.82 Å². The lowest BCUT2D eigenvalue weighted by Gasteiger charge is -2.13. The Morgan fingerprint density at radius 2 is 1.97 bits per heavy atom. The second-order valence-corrected chi connectivity index (χ2v) is 9.08. The zero-order valence-corrected chi connectivity index (χ0v) is 18.6. The molecule has 0 bridgehead atoms. The number of aliphatic imine (C=N–C) groups is 1. The van der Waals surface area contributed by atoms with E-state index in [0.717, 1.165) is 17.7 Å². The third-order valence-corrected chi connectivity index (χ3v) is 6.26. The highest BCUT2D eigenvalue weighted by Gasteiger charge is 2.24. The van der Waals surface area contributed by atoms with Gasteiger partial charge in [0.15, 0.2) is 0 Å². The minimum atomic E-state index is -0.359. The van der Waals surface area contributed by atoms with Gasteiger partial charge in [-0.25, -0.2) is 9.79 Å². The number of aryl methyl sites for hydroxylation is 1. The summed E-state index contributed by atoms with van der Waals surface area (Å²) in [5.41, 5.74) is -0.214. The summed E-state index contributed by atoms with van der Waals surface area (Å²) < 4.78 is 8.75. The molecule has 0 N–H and O–H groups in total. The molecule has 4 heterocycles. The van der Waals surface area contributed by atoms with E-state index in [9.17, 15) is 9.59 Å². The monoisotopic (exact) mass is 467 g/mol. The van der Waals surface area contributed by atoms with Crippen LogP contribution in [-0.2, 0) is 25.9 Å². The van der Waals surface area contributed by atoms with E-state index in [1.165, 1.54) is 15.9 Å². The summed E-state index contributed by atoms with van der Waals surface area (Å²) >= 11 is 13.4. The van der Waals surface area contributed by atoms with Crippen LogP contribution in [0.2, 0.25) is 4.34 Å². The number of thiophene rings is 1. The first-order chi connectivity index (χ1) is 14.5. The maximum Gasteiger partial charge on any atom is 0.332 e. The zero-order chi connectivity index (χ0) is 21.3. The van der Waals surface area contributed by atoms with Gasteiger partial charge in [0, 0.05) is 25.9 Å². The van der Waals surface area contributed by atoms with Gasteiger partial charge in [0.2, 0.25) is 11.7 Å². The Bertz CT molecular complexity index is 1220. The molecule has 0 radical (unpaired) electrons. The molecule has 1 aliphatic rings. The van der Waals surface area contributed by atoms with Gasteiger partial charge < -0.3 is 4.52 Å². The summed E-state index contributed by atoms with van der Waals surface area (Å²) in [7, 11) is 0. The number of halogens is 2. The number of hydrogen-bond donors (Lipinski definition) is 0. The van der Waals surface area contributed by atoms with Crippen molar-refractivity contribution in [2.24, 2.45) is 4.99 Å². The Morgan fingerprint density at radius 3 is 2.70 bits per heavy atom. The minimum Gasteiger partial charge on any atom is -0.339 e. The standard InChI is InChI=1S/C19H19Cl2N5O3S/c1-2-3-8-25-17-11(10-13(20)22-17)18(27)26(19(25)28)9-4-5-15-23-16(24-29-15)12-6-7-14(21)30-12/h6-7H,2-5,8-10H2,1H3. The molecular weight excluding hydrogens is 449 g/mol. The molecule has 0 aliphatic carbocycles. The van der Waals surface area contributed by atoms with Crippen molar-refractivity contribution in [2.45, 2.75) is 52.1 Å². The Labute approximate surface area is 185 Å². The van der Waals surface area contributed by atoms with Crippen LogP contribution in [0.1, 0.15) is 37.6 Å². The molecule has 158 valence electrons. The van der Waals surface area contributed by atoms with Gasteiger partial charge in [-0.2, -0.15) is 4.98 Å². The number of unbranched alkanes of at least 4 members (excludes halogenated alkanes) is 1. The molecule has 0 spiro atoms. The third kappa shape index (κ3) is 4.14. The summed E-state index contributed by atoms with van der Waals surface area (Å²) in [6.07, 6.45) is 2.95. The van der Waals surface area contributed by atoms with Crippen LogP contribution in [0.5, 0.6) is 0 Å². The van der Waals surface area contributed by atoms with Crippen LogP contribution in [-0.4, -0.2) is 24.4 Å². The van der Waals surface area contributed by atoms with Crippen molar-refractivity contribution in [3.05, 3.63) is 48.8 Å². The van der Waals surface area contributed by atoms with Gasteiger partial charge >= 0.3 is 5.69 Å². The van der Waals surface area contributed by atoms with Crippen LogP contribution in [0, 0.1) is 0 Å². The summed E-state index contributed by atoms with van der Waals surface area (Å²) in [5.74, 6) is 1.32. The Balaban J connectivity index is 1.52. The molecule has 0 saturated carbocycles. The fourth-order valence-electron chi connectivity index (χ4n) is 3.32. The van der Waals surface area contributed by atoms with Crippen molar-refractivity contribution in [2.75, 3.05) is 0 Å². The first-order valence-electron chi connectivity index (χ1n) is 9.65. The van der Waals surface area contributed by atoms with Gasteiger partial charge in [-0.1, -0.05) is 41.7 Å². The molecule has 30 heavy (non-hydrogen) atoms. The van der Waals surface area contributed by atoms with Gasteiger partial charge in [0.05, 0.1) is 14.8 Å². The molecule has 0 atom stereocenters. The predicted octanol–water partition coefficient (Wildman–Crippen LogP) is 4.03. The van der Waals surface area contributed by atoms with Gasteiger partial charge in [0.25, 0.3) is 5.56 Å². The van der Waals surface area contributed by atoms with E-state index >= 15 is 0 Å². The maximum absolute atomic E-state index is 12.9. The van der Waals surface area contributed by atoms with E-state index in [0.29, 0.717) is 52.0 Å². The number of aromatic nitrogens is 4. The highest BCUT2D eigenvalue weighted by Crippen LogP contribution is 2.29. The normalized spacial score (nSPS) is 13.0. The average molecular weight is 468 g/mol. The van der Waals surface area contributed by atoms with Crippen molar-refractivity contribution in [3.8, 4) is 10.7 Å². The number of rotatable bonds is 8. The predicted molar refractivity (Wildman–Crippen MR) is 117 cm³/mol. The number of hydrogen-bond acceptors (Lipinski definition) is 7. The van der Waals surface area contributed by atoms with Crippen molar-refractivity contribution in [1.82, 2.24) is 19.3 Å². The largest absolute Gasteiger partial charge is 0.339 e. The third-order valence-electron chi connectivity index (χ3n) is 4.81. The zero-order valence-electron chi connectivity index (χ0n) is 16.2. The van der Waals surface area contributed by atoms with Crippen LogP contribution in [0.25, 0.3) is 10.7 Å². The molecule has 1 aliphatic heterocycles. The van der Waals surface area contributed by atoms with E-state index in [1.807, 2.05) is 13.0 Å². The number of nitrogens with zero attached hydrogens (tertiary/aromatic N) is 5. The van der Waals surface area contributed by atoms with Gasteiger partial charge in [-0.05, 0) is 25.0 Å². The minimum absolute atomic E-state index is 0.247. The van der Waals surface area contributed by atoms with Crippen LogP contribution >= 0.6 is 34.5 Å². The van der Waals surface area contributed by atoms with Crippen LogP contribution < -0.4 is 11.2 Å². The molecule has 0 amide bonds. The second-order valence-electron chi connectivity index (χ2n) is 6.93. The lowest BCUT2D eigenvalue weighted by molar-refractivity contribution is 0.371. The SMILES string of the molecule is CCCCn1c2c(c(=O)n(CCCc3nc(-c4ccc(Cl)s4)no3)c1=O)CC(Cl)=N2. The first kappa shape index (κ1) is 21.0. The summed E-state index contributed by atoms with van der Waals surface area (Å²) in [6.45, 7) is 2.79.